The van der Waals surface area contributed by atoms with Crippen LogP contribution in [-0.4, -0.2) is 19.1 Å². The molecule has 0 bridgehead atoms. The van der Waals surface area contributed by atoms with Gasteiger partial charge in [0.05, 0.1) is 18.4 Å². The highest BCUT2D eigenvalue weighted by molar-refractivity contribution is 5.90. The van der Waals surface area contributed by atoms with Gasteiger partial charge < -0.3 is 10.1 Å². The maximum absolute atomic E-state index is 13.7. The molecule has 1 saturated carbocycles. The van der Waals surface area contributed by atoms with Gasteiger partial charge in [-0.1, -0.05) is 19.3 Å². The van der Waals surface area contributed by atoms with E-state index in [9.17, 15) is 13.6 Å². The normalized spacial score (nSPS) is 16.4. The summed E-state index contributed by atoms with van der Waals surface area (Å²) in [6, 6.07) is 1.96. The molecule has 0 amide bonds. The van der Waals surface area contributed by atoms with Crippen molar-refractivity contribution >= 4 is 11.7 Å². The lowest BCUT2D eigenvalue weighted by Gasteiger charge is -2.29. The van der Waals surface area contributed by atoms with Crippen molar-refractivity contribution in [2.75, 3.05) is 12.4 Å². The Morgan fingerprint density at radius 2 is 2.10 bits per heavy atom. The highest BCUT2D eigenvalue weighted by Gasteiger charge is 2.21. The van der Waals surface area contributed by atoms with Gasteiger partial charge in [0.2, 0.25) is 0 Å². The van der Waals surface area contributed by atoms with Crippen LogP contribution in [-0.2, 0) is 4.74 Å². The second kappa shape index (κ2) is 6.20. The molecular formula is C15H19F2NO2. The van der Waals surface area contributed by atoms with Gasteiger partial charge in [0.15, 0.2) is 0 Å². The van der Waals surface area contributed by atoms with E-state index in [1.54, 1.807) is 0 Å². The summed E-state index contributed by atoms with van der Waals surface area (Å²) < 4.78 is 31.7. The molecule has 1 unspecified atom stereocenters. The number of carbonyl (C=O) groups is 1. The third-order valence-corrected chi connectivity index (χ3v) is 3.78. The standard InChI is InChI=1S/C15H19F2NO2/c1-9(6-10-4-3-5-10)18-14-7-11(15(19)20-2)12(16)8-13(14)17/h7-10,18H,3-6H2,1-2H3. The van der Waals surface area contributed by atoms with Crippen LogP contribution in [0, 0.1) is 17.6 Å². The average molecular weight is 283 g/mol. The molecule has 1 fully saturated rings. The van der Waals surface area contributed by atoms with Crippen LogP contribution in [0.5, 0.6) is 0 Å². The molecule has 1 aromatic rings. The molecule has 1 atom stereocenters. The molecule has 0 heterocycles. The van der Waals surface area contributed by atoms with Gasteiger partial charge in [-0.3, -0.25) is 0 Å². The topological polar surface area (TPSA) is 38.3 Å². The molecular weight excluding hydrogens is 264 g/mol. The number of ether oxygens (including phenoxy) is 1. The van der Waals surface area contributed by atoms with E-state index in [1.165, 1.54) is 25.3 Å². The van der Waals surface area contributed by atoms with Crippen LogP contribution in [0.4, 0.5) is 14.5 Å². The Kier molecular flexibility index (Phi) is 4.57. The molecule has 1 aliphatic rings. The van der Waals surface area contributed by atoms with Crippen molar-refractivity contribution in [2.45, 2.75) is 38.6 Å². The highest BCUT2D eigenvalue weighted by atomic mass is 19.1. The minimum Gasteiger partial charge on any atom is -0.465 e. The molecule has 1 aromatic carbocycles. The van der Waals surface area contributed by atoms with Crippen molar-refractivity contribution in [3.05, 3.63) is 29.3 Å². The van der Waals surface area contributed by atoms with Gasteiger partial charge in [-0.05, 0) is 25.3 Å². The number of methoxy groups -OCH3 is 1. The molecule has 110 valence electrons. The molecule has 1 aliphatic carbocycles. The van der Waals surface area contributed by atoms with Gasteiger partial charge in [0, 0.05) is 12.1 Å². The Morgan fingerprint density at radius 1 is 1.40 bits per heavy atom. The molecule has 0 saturated heterocycles. The molecule has 0 aromatic heterocycles. The van der Waals surface area contributed by atoms with Crippen LogP contribution in [0.25, 0.3) is 0 Å². The molecule has 0 aliphatic heterocycles. The van der Waals surface area contributed by atoms with Crippen LogP contribution in [0.3, 0.4) is 0 Å². The van der Waals surface area contributed by atoms with E-state index in [-0.39, 0.29) is 17.3 Å². The summed E-state index contributed by atoms with van der Waals surface area (Å²) in [6.07, 6.45) is 4.63. The molecule has 2 rings (SSSR count). The summed E-state index contributed by atoms with van der Waals surface area (Å²) in [7, 11) is 1.16. The number of carbonyl (C=O) groups excluding carboxylic acids is 1. The van der Waals surface area contributed by atoms with Crippen LogP contribution in [0.15, 0.2) is 12.1 Å². The summed E-state index contributed by atoms with van der Waals surface area (Å²) in [6.45, 7) is 1.96. The zero-order chi connectivity index (χ0) is 14.7. The summed E-state index contributed by atoms with van der Waals surface area (Å²) in [5.74, 6) is -1.74. The average Bonchev–Trinajstić information content (AvgIpc) is 2.36. The fraction of sp³-hybridized carbons (Fsp3) is 0.533. The van der Waals surface area contributed by atoms with E-state index in [2.05, 4.69) is 10.1 Å². The second-order valence-corrected chi connectivity index (χ2v) is 5.38. The van der Waals surface area contributed by atoms with Gasteiger partial charge in [0.25, 0.3) is 0 Å². The van der Waals surface area contributed by atoms with Crippen LogP contribution >= 0.6 is 0 Å². The van der Waals surface area contributed by atoms with Crippen LogP contribution < -0.4 is 5.32 Å². The van der Waals surface area contributed by atoms with Crippen molar-refractivity contribution < 1.29 is 18.3 Å². The summed E-state index contributed by atoms with van der Waals surface area (Å²) in [5.41, 5.74) is -0.120. The number of halogens is 2. The van der Waals surface area contributed by atoms with Crippen molar-refractivity contribution in [1.82, 2.24) is 0 Å². The molecule has 0 spiro atoms. The molecule has 20 heavy (non-hydrogen) atoms. The maximum Gasteiger partial charge on any atom is 0.340 e. The highest BCUT2D eigenvalue weighted by Crippen LogP contribution is 2.31. The fourth-order valence-electron chi connectivity index (χ4n) is 2.48. The van der Waals surface area contributed by atoms with Crippen molar-refractivity contribution in [1.29, 1.82) is 0 Å². The Labute approximate surface area is 117 Å². The number of benzene rings is 1. The van der Waals surface area contributed by atoms with Crippen molar-refractivity contribution in [2.24, 2.45) is 5.92 Å². The van der Waals surface area contributed by atoms with E-state index in [4.69, 9.17) is 0 Å². The minimum atomic E-state index is -0.911. The Balaban J connectivity index is 2.11. The zero-order valence-electron chi connectivity index (χ0n) is 11.7. The van der Waals surface area contributed by atoms with Gasteiger partial charge in [-0.15, -0.1) is 0 Å². The Morgan fingerprint density at radius 3 is 2.65 bits per heavy atom. The Bertz CT molecular complexity index is 501. The summed E-state index contributed by atoms with van der Waals surface area (Å²) >= 11 is 0. The quantitative estimate of drug-likeness (QED) is 0.837. The first-order valence-electron chi connectivity index (χ1n) is 6.85. The summed E-state index contributed by atoms with van der Waals surface area (Å²) in [4.78, 5) is 11.4. The first-order chi connectivity index (χ1) is 9.51. The van der Waals surface area contributed by atoms with E-state index in [1.807, 2.05) is 6.92 Å². The second-order valence-electron chi connectivity index (χ2n) is 5.38. The number of nitrogens with one attached hydrogen (secondary N) is 1. The van der Waals surface area contributed by atoms with E-state index in [0.717, 1.165) is 13.5 Å². The van der Waals surface area contributed by atoms with E-state index < -0.39 is 17.6 Å². The SMILES string of the molecule is COC(=O)c1cc(NC(C)CC2CCC2)c(F)cc1F. The van der Waals surface area contributed by atoms with Gasteiger partial charge in [-0.2, -0.15) is 0 Å². The third kappa shape index (κ3) is 3.26. The Hall–Kier alpha value is -1.65. The lowest BCUT2D eigenvalue weighted by atomic mass is 9.81. The van der Waals surface area contributed by atoms with Gasteiger partial charge >= 0.3 is 5.97 Å². The molecule has 0 radical (unpaired) electrons. The maximum atomic E-state index is 13.7. The molecule has 5 heteroatoms. The number of esters is 1. The van der Waals surface area contributed by atoms with Crippen LogP contribution in [0.1, 0.15) is 43.0 Å². The fourth-order valence-corrected chi connectivity index (χ4v) is 2.48. The third-order valence-electron chi connectivity index (χ3n) is 3.78. The predicted molar refractivity (Wildman–Crippen MR) is 72.7 cm³/mol. The minimum absolute atomic E-state index is 0.0748. The monoisotopic (exact) mass is 283 g/mol. The van der Waals surface area contributed by atoms with Crippen molar-refractivity contribution in [3.63, 3.8) is 0 Å². The zero-order valence-corrected chi connectivity index (χ0v) is 11.7. The summed E-state index contributed by atoms with van der Waals surface area (Å²) in [5, 5.41) is 3.01. The molecule has 3 nitrogen and oxygen atoms in total. The van der Waals surface area contributed by atoms with E-state index in [0.29, 0.717) is 12.0 Å². The van der Waals surface area contributed by atoms with Crippen LogP contribution in [0.2, 0.25) is 0 Å². The lowest BCUT2D eigenvalue weighted by molar-refractivity contribution is 0.0595. The first-order valence-corrected chi connectivity index (χ1v) is 6.85. The number of rotatable bonds is 5. The van der Waals surface area contributed by atoms with Crippen molar-refractivity contribution in [3.8, 4) is 0 Å². The number of hydrogen-bond donors (Lipinski definition) is 1. The van der Waals surface area contributed by atoms with Gasteiger partial charge in [0.1, 0.15) is 11.6 Å². The first kappa shape index (κ1) is 14.8. The van der Waals surface area contributed by atoms with Gasteiger partial charge in [-0.25, -0.2) is 13.6 Å². The van der Waals surface area contributed by atoms with E-state index >= 15 is 0 Å². The number of anilines is 1. The smallest absolute Gasteiger partial charge is 0.340 e. The number of hydrogen-bond acceptors (Lipinski definition) is 3. The largest absolute Gasteiger partial charge is 0.465 e. The molecule has 1 N–H and O–H groups in total. The predicted octanol–water partition coefficient (Wildman–Crippen LogP) is 3.74. The lowest BCUT2D eigenvalue weighted by Crippen LogP contribution is -2.24.